The summed E-state index contributed by atoms with van der Waals surface area (Å²) >= 11 is 0. The zero-order chi connectivity index (χ0) is 29.9. The summed E-state index contributed by atoms with van der Waals surface area (Å²) in [5.41, 5.74) is 13.6. The van der Waals surface area contributed by atoms with Crippen molar-refractivity contribution in [3.8, 4) is 16.9 Å². The van der Waals surface area contributed by atoms with Gasteiger partial charge in [-0.25, -0.2) is 9.59 Å². The summed E-state index contributed by atoms with van der Waals surface area (Å²) < 4.78 is 11.6. The number of carboxylic acid groups (broad SMARTS) is 1. The molecule has 0 saturated carbocycles. The van der Waals surface area contributed by atoms with E-state index in [9.17, 15) is 14.7 Å². The Balaban J connectivity index is 1.33. The number of fused-ring (bicyclic) bond motifs is 3. The second kappa shape index (κ2) is 12.1. The van der Waals surface area contributed by atoms with Gasteiger partial charge in [0, 0.05) is 24.9 Å². The summed E-state index contributed by atoms with van der Waals surface area (Å²) in [6.07, 6.45) is 0.181. The minimum absolute atomic E-state index is 0.0501. The number of anilines is 2. The molecule has 1 aliphatic carbocycles. The molecule has 1 unspecified atom stereocenters. The third kappa shape index (κ3) is 5.60. The minimum atomic E-state index is -0.926. The molecule has 0 spiro atoms. The van der Waals surface area contributed by atoms with Crippen molar-refractivity contribution in [1.29, 1.82) is 0 Å². The summed E-state index contributed by atoms with van der Waals surface area (Å²) in [6.45, 7) is 1.29. The Bertz CT molecular complexity index is 1610. The van der Waals surface area contributed by atoms with Crippen LogP contribution in [0.2, 0.25) is 0 Å². The van der Waals surface area contributed by atoms with Gasteiger partial charge >= 0.3 is 12.2 Å². The second-order valence-corrected chi connectivity index (χ2v) is 11.1. The van der Waals surface area contributed by atoms with Crippen molar-refractivity contribution in [3.63, 3.8) is 0 Å². The maximum atomic E-state index is 14.1. The van der Waals surface area contributed by atoms with E-state index in [0.29, 0.717) is 30.2 Å². The molecular weight excluding hydrogens is 542 g/mol. The van der Waals surface area contributed by atoms with Crippen molar-refractivity contribution in [3.05, 3.63) is 113 Å². The summed E-state index contributed by atoms with van der Waals surface area (Å²) in [6, 6.07) is 29.7. The molecule has 1 fully saturated rings. The molecule has 8 heteroatoms. The summed E-state index contributed by atoms with van der Waals surface area (Å²) in [5, 5.41) is 9.67. The molecule has 6 rings (SSSR count). The van der Waals surface area contributed by atoms with Crippen LogP contribution >= 0.6 is 0 Å². The van der Waals surface area contributed by atoms with Crippen LogP contribution in [0.3, 0.4) is 0 Å². The number of hydrogen-bond donors (Lipinski definition) is 2. The largest absolute Gasteiger partial charge is 0.495 e. The lowest BCUT2D eigenvalue weighted by molar-refractivity contribution is 0.130. The standard InChI is InChI=1S/C35H35N3O5/c1-42-33-19-23(16-17-31(33)36)20-38(32-15-7-6-10-25(32)24-9-8-18-37(21-24)34(39)40)35(41)43-22-30-28-13-4-2-11-26(28)27-12-3-5-14-29(27)30/h2-7,10-17,19,24,30H,8-9,18,20-22,36H2,1H3,(H,39,40). The lowest BCUT2D eigenvalue weighted by Crippen LogP contribution is -2.39. The molecule has 1 saturated heterocycles. The number of hydrogen-bond acceptors (Lipinski definition) is 5. The molecular formula is C35H35N3O5. The third-order valence-electron chi connectivity index (χ3n) is 8.55. The van der Waals surface area contributed by atoms with Crippen LogP contribution in [-0.4, -0.2) is 49.0 Å². The Labute approximate surface area is 251 Å². The predicted octanol–water partition coefficient (Wildman–Crippen LogP) is 7.09. The average molecular weight is 578 g/mol. The van der Waals surface area contributed by atoms with Crippen molar-refractivity contribution >= 4 is 23.6 Å². The lowest BCUT2D eigenvalue weighted by Gasteiger charge is -2.34. The summed E-state index contributed by atoms with van der Waals surface area (Å²) in [5.74, 6) is 0.404. The van der Waals surface area contributed by atoms with E-state index >= 15 is 0 Å². The van der Waals surface area contributed by atoms with E-state index < -0.39 is 12.2 Å². The number of carbonyl (C=O) groups is 2. The van der Waals surface area contributed by atoms with Gasteiger partial charge in [0.1, 0.15) is 12.4 Å². The van der Waals surface area contributed by atoms with Crippen LogP contribution in [0.4, 0.5) is 21.0 Å². The summed E-state index contributed by atoms with van der Waals surface area (Å²) in [4.78, 5) is 29.0. The summed E-state index contributed by atoms with van der Waals surface area (Å²) in [7, 11) is 1.56. The first-order chi connectivity index (χ1) is 20.9. The van der Waals surface area contributed by atoms with Gasteiger partial charge in [-0.3, -0.25) is 4.90 Å². The number of piperidine rings is 1. The number of benzene rings is 4. The molecule has 43 heavy (non-hydrogen) atoms. The number of nitrogens with zero attached hydrogens (tertiary/aromatic N) is 2. The van der Waals surface area contributed by atoms with E-state index in [1.807, 2.05) is 60.7 Å². The van der Waals surface area contributed by atoms with Gasteiger partial charge in [0.05, 0.1) is 25.0 Å². The number of methoxy groups -OCH3 is 1. The van der Waals surface area contributed by atoms with Crippen LogP contribution in [0.5, 0.6) is 5.75 Å². The number of amides is 2. The highest BCUT2D eigenvalue weighted by molar-refractivity contribution is 5.89. The van der Waals surface area contributed by atoms with Crippen LogP contribution in [-0.2, 0) is 11.3 Å². The maximum Gasteiger partial charge on any atom is 0.414 e. The highest BCUT2D eigenvalue weighted by Crippen LogP contribution is 2.45. The van der Waals surface area contributed by atoms with Gasteiger partial charge in [0.2, 0.25) is 0 Å². The van der Waals surface area contributed by atoms with Crippen molar-refractivity contribution in [1.82, 2.24) is 4.90 Å². The normalized spacial score (nSPS) is 15.8. The smallest absolute Gasteiger partial charge is 0.414 e. The van der Waals surface area contributed by atoms with Crippen LogP contribution in [0.15, 0.2) is 91.0 Å². The Hall–Kier alpha value is -4.98. The number of nitrogen functional groups attached to an aromatic ring is 1. The van der Waals surface area contributed by atoms with Gasteiger partial charge in [0.15, 0.2) is 0 Å². The number of nitrogens with two attached hydrogens (primary N) is 1. The minimum Gasteiger partial charge on any atom is -0.495 e. The SMILES string of the molecule is COc1cc(CN(C(=O)OCC2c3ccccc3-c3ccccc32)c2ccccc2C2CCCN(C(=O)O)C2)ccc1N. The first-order valence-corrected chi connectivity index (χ1v) is 14.6. The average Bonchev–Trinajstić information content (AvgIpc) is 3.36. The van der Waals surface area contributed by atoms with Crippen LogP contribution in [0, 0.1) is 0 Å². The van der Waals surface area contributed by atoms with Crippen molar-refractivity contribution < 1.29 is 24.2 Å². The van der Waals surface area contributed by atoms with Gasteiger partial charge < -0.3 is 25.2 Å². The Morgan fingerprint density at radius 1 is 0.930 bits per heavy atom. The number of rotatable bonds is 7. The van der Waals surface area contributed by atoms with E-state index in [1.165, 1.54) is 4.90 Å². The van der Waals surface area contributed by atoms with E-state index in [2.05, 4.69) is 24.3 Å². The molecule has 0 aromatic heterocycles. The highest BCUT2D eigenvalue weighted by atomic mass is 16.6. The van der Waals surface area contributed by atoms with Crippen LogP contribution in [0.25, 0.3) is 11.1 Å². The molecule has 0 bridgehead atoms. The van der Waals surface area contributed by atoms with E-state index in [-0.39, 0.29) is 25.0 Å². The van der Waals surface area contributed by atoms with Gasteiger partial charge in [-0.05, 0) is 64.4 Å². The number of ether oxygens (including phenoxy) is 2. The fourth-order valence-electron chi connectivity index (χ4n) is 6.44. The quantitative estimate of drug-likeness (QED) is 0.227. The van der Waals surface area contributed by atoms with Crippen molar-refractivity contribution in [2.45, 2.75) is 31.2 Å². The molecule has 220 valence electrons. The van der Waals surface area contributed by atoms with Crippen molar-refractivity contribution in [2.75, 3.05) is 37.4 Å². The Morgan fingerprint density at radius 2 is 1.58 bits per heavy atom. The number of para-hydroxylation sites is 1. The van der Waals surface area contributed by atoms with Gasteiger partial charge in [-0.1, -0.05) is 72.8 Å². The molecule has 4 aromatic rings. The van der Waals surface area contributed by atoms with Gasteiger partial charge in [-0.2, -0.15) is 0 Å². The highest BCUT2D eigenvalue weighted by Gasteiger charge is 2.32. The van der Waals surface area contributed by atoms with Gasteiger partial charge in [-0.15, -0.1) is 0 Å². The lowest BCUT2D eigenvalue weighted by atomic mass is 9.89. The molecule has 2 aliphatic rings. The number of likely N-dealkylation sites (tertiary alicyclic amines) is 1. The van der Waals surface area contributed by atoms with E-state index in [0.717, 1.165) is 46.2 Å². The molecule has 1 aliphatic heterocycles. The first-order valence-electron chi connectivity index (χ1n) is 14.6. The molecule has 8 nitrogen and oxygen atoms in total. The second-order valence-electron chi connectivity index (χ2n) is 11.1. The Morgan fingerprint density at radius 3 is 2.26 bits per heavy atom. The van der Waals surface area contributed by atoms with E-state index in [4.69, 9.17) is 15.2 Å². The van der Waals surface area contributed by atoms with E-state index in [1.54, 1.807) is 18.1 Å². The third-order valence-corrected chi connectivity index (χ3v) is 8.55. The fourth-order valence-corrected chi connectivity index (χ4v) is 6.44. The molecule has 4 aromatic carbocycles. The predicted molar refractivity (Wildman–Crippen MR) is 167 cm³/mol. The van der Waals surface area contributed by atoms with Gasteiger partial charge in [0.25, 0.3) is 0 Å². The molecule has 3 N–H and O–H groups in total. The topological polar surface area (TPSA) is 105 Å². The van der Waals surface area contributed by atoms with Crippen molar-refractivity contribution in [2.24, 2.45) is 0 Å². The molecule has 1 atom stereocenters. The first kappa shape index (κ1) is 28.2. The Kier molecular flexibility index (Phi) is 7.92. The fraction of sp³-hybridized carbons (Fsp3) is 0.257. The zero-order valence-electron chi connectivity index (χ0n) is 24.1. The maximum absolute atomic E-state index is 14.1. The molecule has 1 heterocycles. The number of carbonyl (C=O) groups excluding carboxylic acids is 1. The zero-order valence-corrected chi connectivity index (χ0v) is 24.1. The monoisotopic (exact) mass is 577 g/mol. The van der Waals surface area contributed by atoms with Crippen LogP contribution in [0.1, 0.15) is 46.9 Å². The molecule has 0 radical (unpaired) electrons. The van der Waals surface area contributed by atoms with Crippen LogP contribution < -0.4 is 15.4 Å². The molecule has 2 amide bonds.